The summed E-state index contributed by atoms with van der Waals surface area (Å²) in [6.07, 6.45) is 3.59. The molecule has 5 nitrogen and oxygen atoms in total. The number of nitrogens with two attached hydrogens (primary N) is 1. The molecule has 1 saturated heterocycles. The van der Waals surface area contributed by atoms with Crippen LogP contribution in [0.1, 0.15) is 12.8 Å². The van der Waals surface area contributed by atoms with Crippen molar-refractivity contribution in [1.82, 2.24) is 9.80 Å². The molecule has 0 aliphatic carbocycles. The SMILES string of the molecule is C=CCN(CCO)C(=O)CN1CCC(N)CC1. The third kappa shape index (κ3) is 4.85. The third-order valence-corrected chi connectivity index (χ3v) is 3.06. The molecule has 3 N–H and O–H groups in total. The van der Waals surface area contributed by atoms with Crippen molar-refractivity contribution in [3.63, 3.8) is 0 Å². The van der Waals surface area contributed by atoms with E-state index in [-0.39, 0.29) is 18.6 Å². The van der Waals surface area contributed by atoms with Gasteiger partial charge in [0.15, 0.2) is 0 Å². The average molecular weight is 241 g/mol. The van der Waals surface area contributed by atoms with Gasteiger partial charge in [-0.3, -0.25) is 9.69 Å². The number of rotatable bonds is 6. The number of hydrogen-bond donors (Lipinski definition) is 2. The smallest absolute Gasteiger partial charge is 0.237 e. The normalized spacial score (nSPS) is 18.0. The Balaban J connectivity index is 2.37. The molecule has 0 spiro atoms. The van der Waals surface area contributed by atoms with E-state index in [0.717, 1.165) is 25.9 Å². The molecule has 1 rings (SSSR count). The molecule has 0 unspecified atom stereocenters. The first-order valence-electron chi connectivity index (χ1n) is 6.14. The van der Waals surface area contributed by atoms with E-state index in [2.05, 4.69) is 11.5 Å². The van der Waals surface area contributed by atoms with Gasteiger partial charge in [0.1, 0.15) is 0 Å². The summed E-state index contributed by atoms with van der Waals surface area (Å²) >= 11 is 0. The van der Waals surface area contributed by atoms with Gasteiger partial charge >= 0.3 is 0 Å². The zero-order chi connectivity index (χ0) is 12.7. The number of aliphatic hydroxyl groups is 1. The molecule has 1 heterocycles. The number of carbonyl (C=O) groups excluding carboxylic acids is 1. The van der Waals surface area contributed by atoms with Crippen LogP contribution >= 0.6 is 0 Å². The molecule has 0 aromatic carbocycles. The molecule has 0 bridgehead atoms. The van der Waals surface area contributed by atoms with Crippen molar-refractivity contribution in [3.05, 3.63) is 12.7 Å². The van der Waals surface area contributed by atoms with E-state index in [1.54, 1.807) is 11.0 Å². The second-order valence-corrected chi connectivity index (χ2v) is 4.47. The summed E-state index contributed by atoms with van der Waals surface area (Å²) < 4.78 is 0. The second kappa shape index (κ2) is 7.42. The molecular weight excluding hydrogens is 218 g/mol. The summed E-state index contributed by atoms with van der Waals surface area (Å²) in [5, 5.41) is 8.89. The van der Waals surface area contributed by atoms with Crippen molar-refractivity contribution < 1.29 is 9.90 Å². The van der Waals surface area contributed by atoms with E-state index in [1.807, 2.05) is 0 Å². The van der Waals surface area contributed by atoms with E-state index < -0.39 is 0 Å². The summed E-state index contributed by atoms with van der Waals surface area (Å²) in [5.41, 5.74) is 5.81. The molecule has 5 heteroatoms. The summed E-state index contributed by atoms with van der Waals surface area (Å²) in [4.78, 5) is 15.7. The van der Waals surface area contributed by atoms with Crippen molar-refractivity contribution in [1.29, 1.82) is 0 Å². The number of nitrogens with zero attached hydrogens (tertiary/aromatic N) is 2. The lowest BCUT2D eigenvalue weighted by atomic mass is 10.1. The Morgan fingerprint density at radius 3 is 2.71 bits per heavy atom. The Hall–Kier alpha value is -0.910. The van der Waals surface area contributed by atoms with Crippen LogP contribution in [0.15, 0.2) is 12.7 Å². The maximum absolute atomic E-state index is 12.0. The molecular formula is C12H23N3O2. The van der Waals surface area contributed by atoms with Crippen LogP contribution in [-0.4, -0.2) is 66.2 Å². The molecule has 0 aromatic rings. The first-order chi connectivity index (χ1) is 8.17. The zero-order valence-electron chi connectivity index (χ0n) is 10.3. The van der Waals surface area contributed by atoms with Gasteiger partial charge in [0.25, 0.3) is 0 Å². The maximum atomic E-state index is 12.0. The molecule has 98 valence electrons. The van der Waals surface area contributed by atoms with Crippen LogP contribution in [0.5, 0.6) is 0 Å². The molecule has 0 atom stereocenters. The molecule has 17 heavy (non-hydrogen) atoms. The number of carbonyl (C=O) groups is 1. The minimum absolute atomic E-state index is 0.00947. The Morgan fingerprint density at radius 1 is 1.53 bits per heavy atom. The fourth-order valence-electron chi connectivity index (χ4n) is 2.00. The van der Waals surface area contributed by atoms with Gasteiger partial charge in [0, 0.05) is 32.2 Å². The Labute approximate surface area is 103 Å². The Morgan fingerprint density at radius 2 is 2.18 bits per heavy atom. The van der Waals surface area contributed by atoms with Crippen LogP contribution in [0.2, 0.25) is 0 Å². The predicted molar refractivity (Wildman–Crippen MR) is 67.5 cm³/mol. The lowest BCUT2D eigenvalue weighted by molar-refractivity contribution is -0.132. The van der Waals surface area contributed by atoms with Crippen LogP contribution in [0.4, 0.5) is 0 Å². The van der Waals surface area contributed by atoms with Gasteiger partial charge in [-0.2, -0.15) is 0 Å². The number of amides is 1. The van der Waals surface area contributed by atoms with Gasteiger partial charge in [-0.25, -0.2) is 0 Å². The third-order valence-electron chi connectivity index (χ3n) is 3.06. The Bertz CT molecular complexity index is 250. The highest BCUT2D eigenvalue weighted by Gasteiger charge is 2.20. The van der Waals surface area contributed by atoms with Gasteiger partial charge in [0.05, 0.1) is 13.2 Å². The molecule has 0 saturated carbocycles. The largest absolute Gasteiger partial charge is 0.395 e. The molecule has 1 aliphatic rings. The van der Waals surface area contributed by atoms with Crippen molar-refractivity contribution in [2.45, 2.75) is 18.9 Å². The summed E-state index contributed by atoms with van der Waals surface area (Å²) in [6, 6.07) is 0.281. The summed E-state index contributed by atoms with van der Waals surface area (Å²) in [7, 11) is 0. The van der Waals surface area contributed by atoms with Gasteiger partial charge in [-0.1, -0.05) is 6.08 Å². The highest BCUT2D eigenvalue weighted by atomic mass is 16.3. The van der Waals surface area contributed by atoms with Gasteiger partial charge in [0.2, 0.25) is 5.91 Å². The fraction of sp³-hybridized carbons (Fsp3) is 0.750. The van der Waals surface area contributed by atoms with Crippen molar-refractivity contribution in [2.75, 3.05) is 39.3 Å². The van der Waals surface area contributed by atoms with E-state index >= 15 is 0 Å². The minimum Gasteiger partial charge on any atom is -0.395 e. The van der Waals surface area contributed by atoms with E-state index in [0.29, 0.717) is 19.6 Å². The van der Waals surface area contributed by atoms with Crippen LogP contribution in [-0.2, 0) is 4.79 Å². The standard InChI is InChI=1S/C12H23N3O2/c1-2-5-15(8-9-16)12(17)10-14-6-3-11(13)4-7-14/h2,11,16H,1,3-10,13H2. The number of likely N-dealkylation sites (tertiary alicyclic amines) is 1. The van der Waals surface area contributed by atoms with Crippen molar-refractivity contribution in [2.24, 2.45) is 5.73 Å². The maximum Gasteiger partial charge on any atom is 0.237 e. The average Bonchev–Trinajstić information content (AvgIpc) is 2.32. The lowest BCUT2D eigenvalue weighted by Gasteiger charge is -2.31. The van der Waals surface area contributed by atoms with E-state index in [9.17, 15) is 4.79 Å². The topological polar surface area (TPSA) is 69.8 Å². The first kappa shape index (κ1) is 14.2. The van der Waals surface area contributed by atoms with Crippen LogP contribution < -0.4 is 5.73 Å². The quantitative estimate of drug-likeness (QED) is 0.610. The van der Waals surface area contributed by atoms with Gasteiger partial charge < -0.3 is 15.7 Å². The second-order valence-electron chi connectivity index (χ2n) is 4.47. The lowest BCUT2D eigenvalue weighted by Crippen LogP contribution is -2.46. The van der Waals surface area contributed by atoms with E-state index in [1.165, 1.54) is 0 Å². The predicted octanol–water partition coefficient (Wildman–Crippen LogP) is -0.584. The van der Waals surface area contributed by atoms with Gasteiger partial charge in [-0.15, -0.1) is 6.58 Å². The molecule has 1 fully saturated rings. The first-order valence-corrected chi connectivity index (χ1v) is 6.14. The molecule has 1 aliphatic heterocycles. The number of piperidine rings is 1. The molecule has 0 radical (unpaired) electrons. The zero-order valence-corrected chi connectivity index (χ0v) is 10.3. The van der Waals surface area contributed by atoms with Crippen molar-refractivity contribution >= 4 is 5.91 Å². The molecule has 1 amide bonds. The minimum atomic E-state index is -0.00947. The van der Waals surface area contributed by atoms with Crippen LogP contribution in [0, 0.1) is 0 Å². The summed E-state index contributed by atoms with van der Waals surface area (Å²) in [6.45, 7) is 6.66. The van der Waals surface area contributed by atoms with E-state index in [4.69, 9.17) is 10.8 Å². The fourth-order valence-corrected chi connectivity index (χ4v) is 2.00. The van der Waals surface area contributed by atoms with Crippen LogP contribution in [0.25, 0.3) is 0 Å². The summed E-state index contributed by atoms with van der Waals surface area (Å²) in [5.74, 6) is 0.0504. The monoisotopic (exact) mass is 241 g/mol. The van der Waals surface area contributed by atoms with Crippen molar-refractivity contribution in [3.8, 4) is 0 Å². The van der Waals surface area contributed by atoms with Crippen LogP contribution in [0.3, 0.4) is 0 Å². The number of aliphatic hydroxyl groups excluding tert-OH is 1. The van der Waals surface area contributed by atoms with Gasteiger partial charge in [-0.05, 0) is 12.8 Å². The number of hydrogen-bond acceptors (Lipinski definition) is 4. The highest BCUT2D eigenvalue weighted by Crippen LogP contribution is 2.08. The molecule has 0 aromatic heterocycles. The highest BCUT2D eigenvalue weighted by molar-refractivity contribution is 5.78. The Kier molecular flexibility index (Phi) is 6.18.